The van der Waals surface area contributed by atoms with E-state index in [1.54, 1.807) is 0 Å². The summed E-state index contributed by atoms with van der Waals surface area (Å²) in [5.74, 6) is -0.951. The summed E-state index contributed by atoms with van der Waals surface area (Å²) in [6.45, 7) is 6.58. The van der Waals surface area contributed by atoms with Crippen LogP contribution in [0.1, 0.15) is 271 Å². The Kier molecular flexibility index (Phi) is 48.8. The highest BCUT2D eigenvalue weighted by Crippen LogP contribution is 2.14. The summed E-state index contributed by atoms with van der Waals surface area (Å²) >= 11 is 0. The molecule has 0 heterocycles. The molecule has 62 heavy (non-hydrogen) atoms. The van der Waals surface area contributed by atoms with E-state index < -0.39 is 6.10 Å². The molecule has 0 spiro atoms. The minimum atomic E-state index is -0.799. The summed E-state index contributed by atoms with van der Waals surface area (Å²) in [5.41, 5.74) is 0. The van der Waals surface area contributed by atoms with Crippen molar-refractivity contribution in [3.63, 3.8) is 0 Å². The summed E-state index contributed by atoms with van der Waals surface area (Å²) in [7, 11) is 0. The third-order valence-electron chi connectivity index (χ3n) is 11.6. The molecule has 1 unspecified atom stereocenters. The highest BCUT2D eigenvalue weighted by molar-refractivity contribution is 5.71. The number of carbonyl (C=O) groups is 3. The highest BCUT2D eigenvalue weighted by Gasteiger charge is 2.19. The molecule has 1 atom stereocenters. The van der Waals surface area contributed by atoms with Crippen LogP contribution in [0.2, 0.25) is 0 Å². The minimum Gasteiger partial charge on any atom is -0.462 e. The lowest BCUT2D eigenvalue weighted by molar-refractivity contribution is -0.167. The van der Waals surface area contributed by atoms with Gasteiger partial charge in [-0.15, -0.1) is 0 Å². The zero-order valence-corrected chi connectivity index (χ0v) is 41.1. The Morgan fingerprint density at radius 2 is 0.597 bits per heavy atom. The molecule has 0 radical (unpaired) electrons. The van der Waals surface area contributed by atoms with Gasteiger partial charge in [-0.2, -0.15) is 0 Å². The molecule has 0 aromatic rings. The van der Waals surface area contributed by atoms with Crippen LogP contribution in [0, 0.1) is 0 Å². The quantitative estimate of drug-likeness (QED) is 0.0262. The molecule has 360 valence electrons. The summed E-state index contributed by atoms with van der Waals surface area (Å²) in [6, 6.07) is 0. The second-order valence-electron chi connectivity index (χ2n) is 17.8. The van der Waals surface area contributed by atoms with Gasteiger partial charge in [-0.05, 0) is 77.0 Å². The van der Waals surface area contributed by atoms with E-state index >= 15 is 0 Å². The number of allylic oxidation sites excluding steroid dienone is 8. The van der Waals surface area contributed by atoms with Crippen molar-refractivity contribution in [2.24, 2.45) is 0 Å². The number of unbranched alkanes of at least 4 members (excludes halogenated alkanes) is 29. The third kappa shape index (κ3) is 48.4. The van der Waals surface area contributed by atoms with Gasteiger partial charge in [-0.25, -0.2) is 0 Å². The molecular formula is C56H100O6. The number of esters is 3. The lowest BCUT2D eigenvalue weighted by Gasteiger charge is -2.18. The second kappa shape index (κ2) is 51.0. The summed E-state index contributed by atoms with van der Waals surface area (Å²) in [4.78, 5) is 37.9. The molecule has 0 aliphatic heterocycles. The Bertz CT molecular complexity index is 1090. The van der Waals surface area contributed by atoms with Gasteiger partial charge in [-0.1, -0.05) is 223 Å². The maximum atomic E-state index is 12.8. The van der Waals surface area contributed by atoms with E-state index in [0.29, 0.717) is 19.3 Å². The molecule has 0 amide bonds. The largest absolute Gasteiger partial charge is 0.462 e. The molecule has 0 bridgehead atoms. The SMILES string of the molecule is CCCCCCCC/C=C\C/C=C\C/C=C\CCCC(=O)OC(COC(=O)CCCCCCC/C=C\CCCCCCCCCCC)COC(=O)CCCCCCCCCCC. The van der Waals surface area contributed by atoms with Crippen LogP contribution in [0.5, 0.6) is 0 Å². The minimum absolute atomic E-state index is 0.0939. The topological polar surface area (TPSA) is 78.9 Å². The Morgan fingerprint density at radius 3 is 0.968 bits per heavy atom. The zero-order chi connectivity index (χ0) is 45.1. The van der Waals surface area contributed by atoms with Gasteiger partial charge < -0.3 is 14.2 Å². The summed E-state index contributed by atoms with van der Waals surface area (Å²) in [5, 5.41) is 0. The van der Waals surface area contributed by atoms with Crippen molar-refractivity contribution in [1.82, 2.24) is 0 Å². The van der Waals surface area contributed by atoms with Crippen LogP contribution >= 0.6 is 0 Å². The first-order valence-electron chi connectivity index (χ1n) is 26.6. The van der Waals surface area contributed by atoms with Crippen LogP contribution in [-0.2, 0) is 28.6 Å². The third-order valence-corrected chi connectivity index (χ3v) is 11.6. The predicted octanol–water partition coefficient (Wildman–Crippen LogP) is 17.5. The fourth-order valence-corrected chi connectivity index (χ4v) is 7.51. The van der Waals surface area contributed by atoms with Crippen molar-refractivity contribution in [1.29, 1.82) is 0 Å². The molecule has 0 saturated carbocycles. The van der Waals surface area contributed by atoms with Gasteiger partial charge in [0.2, 0.25) is 0 Å². The molecule has 6 nitrogen and oxygen atoms in total. The lowest BCUT2D eigenvalue weighted by Crippen LogP contribution is -2.30. The molecule has 0 fully saturated rings. The number of hydrogen-bond donors (Lipinski definition) is 0. The van der Waals surface area contributed by atoms with Crippen LogP contribution in [0.4, 0.5) is 0 Å². The normalized spacial score (nSPS) is 12.4. The van der Waals surface area contributed by atoms with E-state index in [4.69, 9.17) is 14.2 Å². The van der Waals surface area contributed by atoms with Gasteiger partial charge in [-0.3, -0.25) is 14.4 Å². The zero-order valence-electron chi connectivity index (χ0n) is 41.1. The molecule has 0 aliphatic rings. The maximum Gasteiger partial charge on any atom is 0.306 e. The molecule has 0 saturated heterocycles. The van der Waals surface area contributed by atoms with Gasteiger partial charge in [0, 0.05) is 19.3 Å². The number of carbonyl (C=O) groups excluding carboxylic acids is 3. The Balaban J connectivity index is 4.38. The average Bonchev–Trinajstić information content (AvgIpc) is 3.27. The molecule has 6 heteroatoms. The summed E-state index contributed by atoms with van der Waals surface area (Å²) < 4.78 is 16.7. The average molecular weight is 869 g/mol. The monoisotopic (exact) mass is 869 g/mol. The van der Waals surface area contributed by atoms with E-state index in [9.17, 15) is 14.4 Å². The first-order chi connectivity index (χ1) is 30.5. The highest BCUT2D eigenvalue weighted by atomic mass is 16.6. The molecule has 0 aromatic carbocycles. The predicted molar refractivity (Wildman–Crippen MR) is 265 cm³/mol. The van der Waals surface area contributed by atoms with Gasteiger partial charge in [0.05, 0.1) is 0 Å². The Hall–Kier alpha value is -2.63. The van der Waals surface area contributed by atoms with E-state index in [1.807, 2.05) is 0 Å². The molecule has 0 aromatic heterocycles. The van der Waals surface area contributed by atoms with Crippen molar-refractivity contribution in [2.45, 2.75) is 277 Å². The van der Waals surface area contributed by atoms with Gasteiger partial charge >= 0.3 is 17.9 Å². The number of ether oxygens (including phenoxy) is 3. The van der Waals surface area contributed by atoms with Crippen molar-refractivity contribution in [2.75, 3.05) is 13.2 Å². The second-order valence-corrected chi connectivity index (χ2v) is 17.8. The van der Waals surface area contributed by atoms with E-state index in [-0.39, 0.29) is 37.5 Å². The standard InChI is InChI=1S/C56H100O6/c1-4-7-10-13-16-19-21-23-25-27-29-30-32-34-37-40-43-46-49-55(58)61-52-53(51-60-54(57)48-45-42-39-36-18-15-12-9-6-3)62-56(59)50-47-44-41-38-35-33-31-28-26-24-22-20-17-14-11-8-5-2/h24,26,29-31,33,38,41,53H,4-23,25,27-28,32,34-37,39-40,42-52H2,1-3H3/b26-24-,30-29-,33-31-,41-38-. The van der Waals surface area contributed by atoms with Crippen LogP contribution in [0.3, 0.4) is 0 Å². The lowest BCUT2D eigenvalue weighted by atomic mass is 10.1. The van der Waals surface area contributed by atoms with Crippen LogP contribution in [0.25, 0.3) is 0 Å². The molecule has 0 aliphatic carbocycles. The van der Waals surface area contributed by atoms with Crippen molar-refractivity contribution < 1.29 is 28.6 Å². The smallest absolute Gasteiger partial charge is 0.306 e. The van der Waals surface area contributed by atoms with Crippen LogP contribution in [-0.4, -0.2) is 37.2 Å². The first kappa shape index (κ1) is 59.4. The first-order valence-corrected chi connectivity index (χ1v) is 26.6. The van der Waals surface area contributed by atoms with Crippen molar-refractivity contribution in [3.05, 3.63) is 48.6 Å². The van der Waals surface area contributed by atoms with Crippen LogP contribution < -0.4 is 0 Å². The van der Waals surface area contributed by atoms with Crippen molar-refractivity contribution in [3.8, 4) is 0 Å². The number of rotatable bonds is 48. The number of hydrogen-bond acceptors (Lipinski definition) is 6. The van der Waals surface area contributed by atoms with Gasteiger partial charge in [0.25, 0.3) is 0 Å². The van der Waals surface area contributed by atoms with Gasteiger partial charge in [0.1, 0.15) is 13.2 Å². The Labute approximate surface area is 384 Å². The summed E-state index contributed by atoms with van der Waals surface area (Å²) in [6.07, 6.45) is 61.1. The van der Waals surface area contributed by atoms with Crippen LogP contribution in [0.15, 0.2) is 48.6 Å². The fourth-order valence-electron chi connectivity index (χ4n) is 7.51. The Morgan fingerprint density at radius 1 is 0.323 bits per heavy atom. The van der Waals surface area contributed by atoms with E-state index in [1.165, 1.54) is 161 Å². The van der Waals surface area contributed by atoms with E-state index in [0.717, 1.165) is 64.2 Å². The van der Waals surface area contributed by atoms with E-state index in [2.05, 4.69) is 69.4 Å². The molecule has 0 N–H and O–H groups in total. The van der Waals surface area contributed by atoms with Crippen molar-refractivity contribution >= 4 is 17.9 Å². The maximum absolute atomic E-state index is 12.8. The molecule has 0 rings (SSSR count). The fraction of sp³-hybridized carbons (Fsp3) is 0.804. The van der Waals surface area contributed by atoms with Gasteiger partial charge in [0.15, 0.2) is 6.10 Å². The molecular weight excluding hydrogens is 769 g/mol.